The fraction of sp³-hybridized carbons (Fsp3) is 0.385. The van der Waals surface area contributed by atoms with Gasteiger partial charge in [0.05, 0.1) is 33.1 Å². The van der Waals surface area contributed by atoms with Crippen molar-refractivity contribution in [3.05, 3.63) is 12.1 Å². The summed E-state index contributed by atoms with van der Waals surface area (Å²) in [5.41, 5.74) is 0.475. The number of carbonyl (C=O) groups is 1. The van der Waals surface area contributed by atoms with Crippen LogP contribution in [-0.2, 0) is 4.79 Å². The zero-order valence-corrected chi connectivity index (χ0v) is 11.1. The van der Waals surface area contributed by atoms with Gasteiger partial charge >= 0.3 is 0 Å². The number of benzene rings is 1. The number of rotatable bonds is 6. The van der Waals surface area contributed by atoms with Crippen molar-refractivity contribution in [2.75, 3.05) is 26.6 Å². The third-order valence-electron chi connectivity index (χ3n) is 2.44. The quantitative estimate of drug-likeness (QED) is 0.849. The molecule has 0 spiro atoms. The number of methoxy groups -OCH3 is 3. The Bertz CT molecular complexity index is 494. The van der Waals surface area contributed by atoms with Crippen LogP contribution in [0.1, 0.15) is 12.8 Å². The molecule has 102 valence electrons. The average molecular weight is 264 g/mol. The molecule has 1 N–H and O–H groups in total. The van der Waals surface area contributed by atoms with Crippen LogP contribution in [-0.4, -0.2) is 27.2 Å². The van der Waals surface area contributed by atoms with E-state index in [4.69, 9.17) is 19.5 Å². The summed E-state index contributed by atoms with van der Waals surface area (Å²) in [5, 5.41) is 11.1. The van der Waals surface area contributed by atoms with Gasteiger partial charge in [0.15, 0.2) is 11.5 Å². The van der Waals surface area contributed by atoms with Gasteiger partial charge in [-0.1, -0.05) is 0 Å². The van der Waals surface area contributed by atoms with E-state index in [1.165, 1.54) is 21.3 Å². The van der Waals surface area contributed by atoms with Crippen LogP contribution in [0.5, 0.6) is 17.2 Å². The molecule has 0 aliphatic heterocycles. The summed E-state index contributed by atoms with van der Waals surface area (Å²) in [7, 11) is 4.51. The smallest absolute Gasteiger partial charge is 0.225 e. The maximum atomic E-state index is 11.6. The van der Waals surface area contributed by atoms with E-state index in [9.17, 15) is 4.79 Å². The summed E-state index contributed by atoms with van der Waals surface area (Å²) in [6.45, 7) is 0. The minimum atomic E-state index is -0.257. The molecule has 0 heterocycles. The first-order valence-electron chi connectivity index (χ1n) is 5.63. The number of nitrogens with zero attached hydrogens (tertiary/aromatic N) is 1. The highest BCUT2D eigenvalue weighted by Crippen LogP contribution is 2.37. The molecule has 19 heavy (non-hydrogen) atoms. The van der Waals surface area contributed by atoms with Crippen LogP contribution < -0.4 is 19.5 Å². The van der Waals surface area contributed by atoms with E-state index >= 15 is 0 Å². The minimum Gasteiger partial charge on any atom is -0.494 e. The van der Waals surface area contributed by atoms with Gasteiger partial charge in [-0.3, -0.25) is 4.79 Å². The number of amides is 1. The second-order valence-electron chi connectivity index (χ2n) is 3.61. The molecule has 0 aromatic heterocycles. The van der Waals surface area contributed by atoms with Gasteiger partial charge in [0, 0.05) is 25.0 Å². The lowest BCUT2D eigenvalue weighted by atomic mass is 10.2. The van der Waals surface area contributed by atoms with Crippen LogP contribution in [0.25, 0.3) is 0 Å². The van der Waals surface area contributed by atoms with Crippen LogP contribution in [0, 0.1) is 11.3 Å². The molecule has 0 saturated carbocycles. The van der Waals surface area contributed by atoms with E-state index in [1.54, 1.807) is 12.1 Å². The standard InChI is InChI=1S/C13H16N2O4/c1-17-10-8-12(19-3)11(18-2)7-9(10)15-13(16)5-4-6-14/h7-8H,4-5H2,1-3H3,(H,15,16). The minimum absolute atomic E-state index is 0.133. The molecular formula is C13H16N2O4. The van der Waals surface area contributed by atoms with E-state index in [0.717, 1.165) is 0 Å². The van der Waals surface area contributed by atoms with Crippen molar-refractivity contribution >= 4 is 11.6 Å². The predicted molar refractivity (Wildman–Crippen MR) is 69.6 cm³/mol. The normalized spacial score (nSPS) is 9.37. The number of nitriles is 1. The van der Waals surface area contributed by atoms with Gasteiger partial charge in [-0.15, -0.1) is 0 Å². The monoisotopic (exact) mass is 264 g/mol. The van der Waals surface area contributed by atoms with Crippen molar-refractivity contribution in [3.8, 4) is 23.3 Å². The number of hydrogen-bond acceptors (Lipinski definition) is 5. The fourth-order valence-corrected chi connectivity index (χ4v) is 1.51. The summed E-state index contributed by atoms with van der Waals surface area (Å²) in [4.78, 5) is 11.6. The Morgan fingerprint density at radius 3 is 2.26 bits per heavy atom. The Morgan fingerprint density at radius 1 is 1.16 bits per heavy atom. The number of carbonyl (C=O) groups excluding carboxylic acids is 1. The lowest BCUT2D eigenvalue weighted by Gasteiger charge is -2.14. The molecule has 6 heteroatoms. The van der Waals surface area contributed by atoms with E-state index in [1.807, 2.05) is 6.07 Å². The lowest BCUT2D eigenvalue weighted by Crippen LogP contribution is -2.12. The Kier molecular flexibility index (Phi) is 5.48. The first kappa shape index (κ1) is 14.6. The maximum Gasteiger partial charge on any atom is 0.225 e. The van der Waals surface area contributed by atoms with Crippen molar-refractivity contribution in [2.24, 2.45) is 0 Å². The Hall–Kier alpha value is -2.42. The van der Waals surface area contributed by atoms with Crippen molar-refractivity contribution < 1.29 is 19.0 Å². The first-order chi connectivity index (χ1) is 9.15. The third kappa shape index (κ3) is 3.78. The number of nitrogens with one attached hydrogen (secondary N) is 1. The van der Waals surface area contributed by atoms with Gasteiger partial charge in [-0.2, -0.15) is 5.26 Å². The zero-order valence-electron chi connectivity index (χ0n) is 11.1. The molecule has 1 aromatic rings. The molecule has 0 atom stereocenters. The third-order valence-corrected chi connectivity index (χ3v) is 2.44. The molecule has 1 rings (SSSR count). The van der Waals surface area contributed by atoms with Gasteiger partial charge in [0.1, 0.15) is 5.75 Å². The largest absolute Gasteiger partial charge is 0.494 e. The van der Waals surface area contributed by atoms with Gasteiger partial charge in [-0.05, 0) is 0 Å². The summed E-state index contributed by atoms with van der Waals surface area (Å²) in [6.07, 6.45) is 0.301. The summed E-state index contributed by atoms with van der Waals surface area (Å²) < 4.78 is 15.5. The van der Waals surface area contributed by atoms with Crippen LogP contribution in [0.3, 0.4) is 0 Å². The van der Waals surface area contributed by atoms with Gasteiger partial charge in [-0.25, -0.2) is 0 Å². The second-order valence-corrected chi connectivity index (χ2v) is 3.61. The van der Waals surface area contributed by atoms with Gasteiger partial charge in [0.25, 0.3) is 0 Å². The highest BCUT2D eigenvalue weighted by atomic mass is 16.5. The molecule has 1 amide bonds. The number of anilines is 1. The van der Waals surface area contributed by atoms with Crippen molar-refractivity contribution in [1.29, 1.82) is 5.26 Å². The summed E-state index contributed by atoms with van der Waals surface area (Å²) in [6, 6.07) is 5.15. The van der Waals surface area contributed by atoms with Crippen molar-refractivity contribution in [3.63, 3.8) is 0 Å². The molecular weight excluding hydrogens is 248 g/mol. The molecule has 0 aliphatic carbocycles. The highest BCUT2D eigenvalue weighted by molar-refractivity contribution is 5.93. The highest BCUT2D eigenvalue weighted by Gasteiger charge is 2.13. The average Bonchev–Trinajstić information content (AvgIpc) is 2.44. The fourth-order valence-electron chi connectivity index (χ4n) is 1.51. The van der Waals surface area contributed by atoms with E-state index in [2.05, 4.69) is 5.32 Å². The summed E-state index contributed by atoms with van der Waals surface area (Å²) in [5.74, 6) is 1.20. The molecule has 0 radical (unpaired) electrons. The molecule has 0 unspecified atom stereocenters. The first-order valence-corrected chi connectivity index (χ1v) is 5.63. The molecule has 0 aliphatic rings. The van der Waals surface area contributed by atoms with Crippen LogP contribution >= 0.6 is 0 Å². The predicted octanol–water partition coefficient (Wildman–Crippen LogP) is 1.95. The number of ether oxygens (including phenoxy) is 3. The van der Waals surface area contributed by atoms with E-state index < -0.39 is 0 Å². The molecule has 0 fully saturated rings. The molecule has 0 saturated heterocycles. The maximum absolute atomic E-state index is 11.6. The van der Waals surface area contributed by atoms with Crippen LogP contribution in [0.2, 0.25) is 0 Å². The molecule has 0 bridgehead atoms. The topological polar surface area (TPSA) is 80.6 Å². The Morgan fingerprint density at radius 2 is 1.74 bits per heavy atom. The van der Waals surface area contributed by atoms with Crippen LogP contribution in [0.15, 0.2) is 12.1 Å². The van der Waals surface area contributed by atoms with E-state index in [0.29, 0.717) is 22.9 Å². The Labute approximate surface area is 111 Å². The summed E-state index contributed by atoms with van der Waals surface area (Å²) >= 11 is 0. The zero-order chi connectivity index (χ0) is 14.3. The Balaban J connectivity index is 2.99. The van der Waals surface area contributed by atoms with Crippen LogP contribution in [0.4, 0.5) is 5.69 Å². The van der Waals surface area contributed by atoms with Gasteiger partial charge in [0.2, 0.25) is 5.91 Å². The second kappa shape index (κ2) is 7.11. The molecule has 6 nitrogen and oxygen atoms in total. The SMILES string of the molecule is COc1cc(OC)c(OC)cc1NC(=O)CCC#N. The molecule has 1 aromatic carbocycles. The van der Waals surface area contributed by atoms with Gasteiger partial charge < -0.3 is 19.5 Å². The van der Waals surface area contributed by atoms with E-state index in [-0.39, 0.29) is 18.7 Å². The van der Waals surface area contributed by atoms with Crippen molar-refractivity contribution in [1.82, 2.24) is 0 Å². The lowest BCUT2D eigenvalue weighted by molar-refractivity contribution is -0.116. The van der Waals surface area contributed by atoms with Crippen molar-refractivity contribution in [2.45, 2.75) is 12.8 Å². The number of hydrogen-bond donors (Lipinski definition) is 1.